The Balaban J connectivity index is 2.41. The molecule has 0 spiro atoms. The topological polar surface area (TPSA) is 88.2 Å². The predicted octanol–water partition coefficient (Wildman–Crippen LogP) is 1.03. The monoisotopic (exact) mass is 191 g/mol. The summed E-state index contributed by atoms with van der Waals surface area (Å²) in [5.41, 5.74) is 7.50. The van der Waals surface area contributed by atoms with Crippen molar-refractivity contribution in [3.8, 4) is 0 Å². The lowest BCUT2D eigenvalue weighted by Gasteiger charge is -2.17. The van der Waals surface area contributed by atoms with E-state index in [-0.39, 0.29) is 12.4 Å². The van der Waals surface area contributed by atoms with Gasteiger partial charge in [-0.25, -0.2) is 4.79 Å². The Bertz CT molecular complexity index is 415. The molecule has 1 aliphatic heterocycles. The van der Waals surface area contributed by atoms with Gasteiger partial charge in [-0.3, -0.25) is 10.7 Å². The highest BCUT2D eigenvalue weighted by Crippen LogP contribution is 2.22. The van der Waals surface area contributed by atoms with Crippen LogP contribution in [0.5, 0.6) is 0 Å². The minimum atomic E-state index is -0.451. The standard InChI is InChI=1S/C9H9N3O2/c10-8(11)5-1-2-7-6(3-5)4-14-9(13)12-7/h1-3H,4H2,(H3,10,11)(H,12,13). The fourth-order valence-electron chi connectivity index (χ4n) is 1.29. The maximum Gasteiger partial charge on any atom is 0.411 e. The normalized spacial score (nSPS) is 13.9. The summed E-state index contributed by atoms with van der Waals surface area (Å²) in [7, 11) is 0. The average molecular weight is 191 g/mol. The quantitative estimate of drug-likeness (QED) is 0.457. The SMILES string of the molecule is N=C(N)c1ccc2c(c1)COC(=O)N2. The van der Waals surface area contributed by atoms with Crippen molar-refractivity contribution in [1.82, 2.24) is 0 Å². The van der Waals surface area contributed by atoms with E-state index in [1.165, 1.54) is 0 Å². The van der Waals surface area contributed by atoms with Crippen LogP contribution in [-0.4, -0.2) is 11.9 Å². The van der Waals surface area contributed by atoms with Crippen molar-refractivity contribution in [2.45, 2.75) is 6.61 Å². The number of rotatable bonds is 1. The van der Waals surface area contributed by atoms with Crippen LogP contribution < -0.4 is 11.1 Å². The molecule has 0 aromatic heterocycles. The fourth-order valence-corrected chi connectivity index (χ4v) is 1.29. The minimum absolute atomic E-state index is 0.00435. The predicted molar refractivity (Wildman–Crippen MR) is 51.3 cm³/mol. The molecule has 5 heteroatoms. The lowest BCUT2D eigenvalue weighted by Crippen LogP contribution is -2.21. The zero-order valence-electron chi connectivity index (χ0n) is 7.33. The van der Waals surface area contributed by atoms with Crippen molar-refractivity contribution < 1.29 is 9.53 Å². The van der Waals surface area contributed by atoms with Crippen LogP contribution in [0.15, 0.2) is 18.2 Å². The molecule has 0 fully saturated rings. The van der Waals surface area contributed by atoms with Crippen LogP contribution in [0.4, 0.5) is 10.5 Å². The average Bonchev–Trinajstić information content (AvgIpc) is 2.16. The first kappa shape index (κ1) is 8.55. The number of carbonyl (C=O) groups excluding carboxylic acids is 1. The van der Waals surface area contributed by atoms with Crippen LogP contribution in [-0.2, 0) is 11.3 Å². The van der Waals surface area contributed by atoms with Gasteiger partial charge in [-0.2, -0.15) is 0 Å². The summed E-state index contributed by atoms with van der Waals surface area (Å²) >= 11 is 0. The number of amidine groups is 1. The molecule has 0 aliphatic carbocycles. The van der Waals surface area contributed by atoms with Crippen LogP contribution in [0, 0.1) is 5.41 Å². The zero-order valence-corrected chi connectivity index (χ0v) is 7.33. The van der Waals surface area contributed by atoms with E-state index in [1.54, 1.807) is 18.2 Å². The van der Waals surface area contributed by atoms with E-state index < -0.39 is 6.09 Å². The van der Waals surface area contributed by atoms with Gasteiger partial charge in [0.1, 0.15) is 12.4 Å². The van der Waals surface area contributed by atoms with Gasteiger partial charge in [0.05, 0.1) is 5.69 Å². The highest BCUT2D eigenvalue weighted by Gasteiger charge is 2.15. The van der Waals surface area contributed by atoms with E-state index in [0.717, 1.165) is 5.56 Å². The van der Waals surface area contributed by atoms with Crippen molar-refractivity contribution in [2.75, 3.05) is 5.32 Å². The van der Waals surface area contributed by atoms with Gasteiger partial charge in [0, 0.05) is 11.1 Å². The highest BCUT2D eigenvalue weighted by atomic mass is 16.5. The zero-order chi connectivity index (χ0) is 10.1. The molecule has 1 amide bonds. The number of benzene rings is 1. The summed E-state index contributed by atoms with van der Waals surface area (Å²) in [6, 6.07) is 5.14. The van der Waals surface area contributed by atoms with Gasteiger partial charge in [0.25, 0.3) is 0 Å². The lowest BCUT2D eigenvalue weighted by atomic mass is 10.1. The number of fused-ring (bicyclic) bond motifs is 1. The summed E-state index contributed by atoms with van der Waals surface area (Å²) in [6.07, 6.45) is -0.451. The number of hydrogen-bond donors (Lipinski definition) is 3. The third-order valence-corrected chi connectivity index (χ3v) is 2.01. The first-order valence-electron chi connectivity index (χ1n) is 4.08. The number of ether oxygens (including phenoxy) is 1. The van der Waals surface area contributed by atoms with Gasteiger partial charge in [-0.05, 0) is 18.2 Å². The molecular weight excluding hydrogens is 182 g/mol. The maximum absolute atomic E-state index is 10.8. The number of anilines is 1. The van der Waals surface area contributed by atoms with Crippen LogP contribution in [0.3, 0.4) is 0 Å². The Labute approximate surface area is 80.4 Å². The Morgan fingerprint density at radius 1 is 1.57 bits per heavy atom. The molecule has 0 atom stereocenters. The van der Waals surface area contributed by atoms with Crippen molar-refractivity contribution in [3.05, 3.63) is 29.3 Å². The van der Waals surface area contributed by atoms with E-state index >= 15 is 0 Å². The smallest absolute Gasteiger partial charge is 0.411 e. The number of amides is 1. The van der Waals surface area contributed by atoms with Gasteiger partial charge >= 0.3 is 6.09 Å². The largest absolute Gasteiger partial charge is 0.444 e. The van der Waals surface area contributed by atoms with E-state index in [2.05, 4.69) is 5.32 Å². The number of nitrogens with two attached hydrogens (primary N) is 1. The molecule has 0 bridgehead atoms. The molecule has 2 rings (SSSR count). The molecule has 14 heavy (non-hydrogen) atoms. The Kier molecular flexibility index (Phi) is 1.85. The third kappa shape index (κ3) is 1.39. The second kappa shape index (κ2) is 3.02. The maximum atomic E-state index is 10.8. The molecule has 1 aromatic rings. The molecule has 1 aliphatic rings. The summed E-state index contributed by atoms with van der Waals surface area (Å²) in [5.74, 6) is 0.00435. The molecule has 0 radical (unpaired) electrons. The van der Waals surface area contributed by atoms with Gasteiger partial charge in [0.15, 0.2) is 0 Å². The van der Waals surface area contributed by atoms with Gasteiger partial charge < -0.3 is 10.5 Å². The highest BCUT2D eigenvalue weighted by molar-refractivity contribution is 5.96. The van der Waals surface area contributed by atoms with E-state index in [0.29, 0.717) is 11.3 Å². The van der Waals surface area contributed by atoms with Crippen LogP contribution >= 0.6 is 0 Å². The molecule has 1 heterocycles. The first-order chi connectivity index (χ1) is 6.66. The van der Waals surface area contributed by atoms with Gasteiger partial charge in [0.2, 0.25) is 0 Å². The van der Waals surface area contributed by atoms with Crippen LogP contribution in [0.25, 0.3) is 0 Å². The molecule has 1 aromatic carbocycles. The second-order valence-corrected chi connectivity index (χ2v) is 2.99. The number of nitrogens with one attached hydrogen (secondary N) is 2. The number of cyclic esters (lactones) is 1. The van der Waals surface area contributed by atoms with E-state index in [1.807, 2.05) is 0 Å². The van der Waals surface area contributed by atoms with Crippen LogP contribution in [0.2, 0.25) is 0 Å². The molecule has 0 saturated carbocycles. The Morgan fingerprint density at radius 2 is 2.36 bits per heavy atom. The minimum Gasteiger partial charge on any atom is -0.444 e. The van der Waals surface area contributed by atoms with E-state index in [9.17, 15) is 4.79 Å². The van der Waals surface area contributed by atoms with Gasteiger partial charge in [-0.1, -0.05) is 0 Å². The molecule has 0 saturated heterocycles. The Hall–Kier alpha value is -2.04. The van der Waals surface area contributed by atoms with Crippen molar-refractivity contribution >= 4 is 17.6 Å². The van der Waals surface area contributed by atoms with Crippen molar-refractivity contribution in [1.29, 1.82) is 5.41 Å². The number of carbonyl (C=O) groups is 1. The summed E-state index contributed by atoms with van der Waals surface area (Å²) in [6.45, 7) is 0.224. The number of nitrogen functional groups attached to an aromatic ring is 1. The second-order valence-electron chi connectivity index (χ2n) is 2.99. The molecule has 4 N–H and O–H groups in total. The Morgan fingerprint density at radius 3 is 3.07 bits per heavy atom. The molecule has 72 valence electrons. The summed E-state index contributed by atoms with van der Waals surface area (Å²) in [4.78, 5) is 10.8. The van der Waals surface area contributed by atoms with Crippen LogP contribution in [0.1, 0.15) is 11.1 Å². The first-order valence-corrected chi connectivity index (χ1v) is 4.08. The lowest BCUT2D eigenvalue weighted by molar-refractivity contribution is 0.151. The molecule has 0 unspecified atom stereocenters. The number of hydrogen-bond acceptors (Lipinski definition) is 3. The summed E-state index contributed by atoms with van der Waals surface area (Å²) in [5, 5.41) is 9.80. The fraction of sp³-hybridized carbons (Fsp3) is 0.111. The third-order valence-electron chi connectivity index (χ3n) is 2.01. The van der Waals surface area contributed by atoms with Gasteiger partial charge in [-0.15, -0.1) is 0 Å². The van der Waals surface area contributed by atoms with E-state index in [4.69, 9.17) is 15.9 Å². The summed E-state index contributed by atoms with van der Waals surface area (Å²) < 4.78 is 4.78. The van der Waals surface area contributed by atoms with Crippen molar-refractivity contribution in [2.24, 2.45) is 5.73 Å². The molecular formula is C9H9N3O2. The van der Waals surface area contributed by atoms with Crippen molar-refractivity contribution in [3.63, 3.8) is 0 Å². The molecule has 5 nitrogen and oxygen atoms in total.